The smallest absolute Gasteiger partial charge is 0.290 e. The topological polar surface area (TPSA) is 98.7 Å². The summed E-state index contributed by atoms with van der Waals surface area (Å²) in [4.78, 5) is 36.6. The highest BCUT2D eigenvalue weighted by Crippen LogP contribution is 2.40. The summed E-state index contributed by atoms with van der Waals surface area (Å²) in [5.74, 6) is -1.20. The Morgan fingerprint density at radius 1 is 1.38 bits per heavy atom. The maximum atomic E-state index is 12.0. The molecule has 3 amide bonds. The molecule has 7 nitrogen and oxygen atoms in total. The Morgan fingerprint density at radius 2 is 1.95 bits per heavy atom. The molecule has 2 aliphatic rings. The van der Waals surface area contributed by atoms with Gasteiger partial charge in [0, 0.05) is 40.1 Å². The standard InChI is InChI=1S/C14H21N3O4.H2/c1-2-15-9-10(18)13(21)17-5-3-14(4-6-17)7-11(19)16-12(20)8-14;/h9,15,18H,2-8H2,1H3,(H,16,19,20);1H/b10-9-;. The molecule has 1 spiro atoms. The first kappa shape index (κ1) is 15.3. The third-order valence-electron chi connectivity index (χ3n) is 4.12. The third kappa shape index (κ3) is 3.53. The van der Waals surface area contributed by atoms with E-state index in [0.29, 0.717) is 45.3 Å². The number of imide groups is 1. The molecule has 7 heteroatoms. The fourth-order valence-corrected chi connectivity index (χ4v) is 2.95. The molecule has 0 aromatic heterocycles. The Kier molecular flexibility index (Phi) is 4.50. The van der Waals surface area contributed by atoms with E-state index in [1.165, 1.54) is 6.20 Å². The molecule has 0 atom stereocenters. The molecule has 0 aliphatic carbocycles. The normalized spacial score (nSPS) is 22.1. The number of carbonyl (C=O) groups is 3. The first-order valence-corrected chi connectivity index (χ1v) is 7.20. The summed E-state index contributed by atoms with van der Waals surface area (Å²) < 4.78 is 0. The number of nitrogens with zero attached hydrogens (tertiary/aromatic N) is 1. The van der Waals surface area contributed by atoms with E-state index >= 15 is 0 Å². The molecular weight excluding hydrogens is 274 g/mol. The van der Waals surface area contributed by atoms with Gasteiger partial charge in [0.15, 0.2) is 5.76 Å². The minimum absolute atomic E-state index is 0. The van der Waals surface area contributed by atoms with Crippen molar-refractivity contribution in [2.45, 2.75) is 32.6 Å². The number of hydrogen-bond donors (Lipinski definition) is 3. The van der Waals surface area contributed by atoms with Crippen molar-refractivity contribution in [3.05, 3.63) is 12.0 Å². The van der Waals surface area contributed by atoms with Crippen molar-refractivity contribution in [1.29, 1.82) is 0 Å². The summed E-state index contributed by atoms with van der Waals surface area (Å²) in [5, 5.41) is 14.8. The van der Waals surface area contributed by atoms with Crippen LogP contribution in [0.3, 0.4) is 0 Å². The van der Waals surface area contributed by atoms with Crippen molar-refractivity contribution in [3.63, 3.8) is 0 Å². The molecule has 0 aromatic rings. The maximum Gasteiger partial charge on any atom is 0.290 e. The number of aliphatic hydroxyl groups excluding tert-OH is 1. The minimum Gasteiger partial charge on any atom is -0.502 e. The predicted molar refractivity (Wildman–Crippen MR) is 77.1 cm³/mol. The molecule has 0 unspecified atom stereocenters. The van der Waals surface area contributed by atoms with E-state index in [4.69, 9.17) is 0 Å². The highest BCUT2D eigenvalue weighted by atomic mass is 16.3. The fourth-order valence-electron chi connectivity index (χ4n) is 2.95. The number of likely N-dealkylation sites (tertiary alicyclic amines) is 1. The maximum absolute atomic E-state index is 12.0. The number of aliphatic hydroxyl groups is 1. The van der Waals surface area contributed by atoms with Gasteiger partial charge >= 0.3 is 0 Å². The van der Waals surface area contributed by atoms with Crippen LogP contribution in [0.15, 0.2) is 12.0 Å². The lowest BCUT2D eigenvalue weighted by Gasteiger charge is -2.42. The molecular formula is C14H23N3O4. The molecule has 0 saturated carbocycles. The van der Waals surface area contributed by atoms with Gasteiger partial charge in [0.1, 0.15) is 0 Å². The zero-order chi connectivity index (χ0) is 15.5. The van der Waals surface area contributed by atoms with E-state index < -0.39 is 5.91 Å². The van der Waals surface area contributed by atoms with Gasteiger partial charge in [0.25, 0.3) is 5.91 Å². The van der Waals surface area contributed by atoms with Gasteiger partial charge in [-0.05, 0) is 25.2 Å². The Labute approximate surface area is 124 Å². The number of piperidine rings is 2. The summed E-state index contributed by atoms with van der Waals surface area (Å²) in [6.07, 6.45) is 3.17. The second-order valence-corrected chi connectivity index (χ2v) is 5.70. The Bertz CT molecular complexity index is 466. The first-order valence-electron chi connectivity index (χ1n) is 7.20. The van der Waals surface area contributed by atoms with Crippen LogP contribution < -0.4 is 10.6 Å². The minimum atomic E-state index is -0.419. The zero-order valence-corrected chi connectivity index (χ0v) is 12.1. The molecule has 0 aromatic carbocycles. The first-order chi connectivity index (χ1) is 9.96. The van der Waals surface area contributed by atoms with Crippen LogP contribution in [0.2, 0.25) is 0 Å². The Balaban J connectivity index is 0.00000242. The van der Waals surface area contributed by atoms with Gasteiger partial charge in [0.05, 0.1) is 0 Å². The van der Waals surface area contributed by atoms with Gasteiger partial charge in [-0.2, -0.15) is 0 Å². The molecule has 0 radical (unpaired) electrons. The van der Waals surface area contributed by atoms with Crippen LogP contribution in [0.25, 0.3) is 0 Å². The molecule has 2 heterocycles. The van der Waals surface area contributed by atoms with Crippen molar-refractivity contribution < 1.29 is 20.9 Å². The van der Waals surface area contributed by atoms with Crippen LogP contribution in [0, 0.1) is 5.41 Å². The highest BCUT2D eigenvalue weighted by Gasteiger charge is 2.42. The summed E-state index contributed by atoms with van der Waals surface area (Å²) in [5.41, 5.74) is -0.322. The van der Waals surface area contributed by atoms with Gasteiger partial charge in [-0.25, -0.2) is 0 Å². The number of hydrogen-bond acceptors (Lipinski definition) is 5. The van der Waals surface area contributed by atoms with Crippen LogP contribution in [0.4, 0.5) is 0 Å². The van der Waals surface area contributed by atoms with Crippen molar-refractivity contribution in [3.8, 4) is 0 Å². The number of carbonyl (C=O) groups excluding carboxylic acids is 3. The molecule has 2 aliphatic heterocycles. The molecule has 118 valence electrons. The second kappa shape index (κ2) is 6.15. The van der Waals surface area contributed by atoms with Crippen LogP contribution in [-0.2, 0) is 14.4 Å². The summed E-state index contributed by atoms with van der Waals surface area (Å²) in [6, 6.07) is 0. The van der Waals surface area contributed by atoms with Gasteiger partial charge in [0.2, 0.25) is 11.8 Å². The van der Waals surface area contributed by atoms with Crippen molar-refractivity contribution >= 4 is 17.7 Å². The van der Waals surface area contributed by atoms with E-state index in [-0.39, 0.29) is 24.4 Å². The lowest BCUT2D eigenvalue weighted by Crippen LogP contribution is -2.51. The third-order valence-corrected chi connectivity index (χ3v) is 4.12. The second-order valence-electron chi connectivity index (χ2n) is 5.70. The molecule has 2 rings (SSSR count). The van der Waals surface area contributed by atoms with Crippen molar-refractivity contribution in [2.75, 3.05) is 19.6 Å². The SMILES string of the molecule is CCN/C=C(\O)C(=O)N1CCC2(CC1)CC(=O)NC(=O)C2.[HH]. The van der Waals surface area contributed by atoms with E-state index in [2.05, 4.69) is 10.6 Å². The van der Waals surface area contributed by atoms with E-state index in [1.54, 1.807) is 4.90 Å². The van der Waals surface area contributed by atoms with E-state index in [1.807, 2.05) is 6.92 Å². The van der Waals surface area contributed by atoms with Crippen LogP contribution in [-0.4, -0.2) is 47.4 Å². The Morgan fingerprint density at radius 3 is 2.48 bits per heavy atom. The molecule has 2 fully saturated rings. The fraction of sp³-hybridized carbons (Fsp3) is 0.643. The average molecular weight is 297 g/mol. The van der Waals surface area contributed by atoms with Gasteiger partial charge < -0.3 is 15.3 Å². The zero-order valence-electron chi connectivity index (χ0n) is 12.1. The summed E-state index contributed by atoms with van der Waals surface area (Å²) in [6.45, 7) is 3.38. The molecule has 3 N–H and O–H groups in total. The largest absolute Gasteiger partial charge is 0.502 e. The number of rotatable bonds is 3. The van der Waals surface area contributed by atoms with Gasteiger partial charge in [-0.15, -0.1) is 0 Å². The predicted octanol–water partition coefficient (Wildman–Crippen LogP) is 0.287. The molecule has 2 saturated heterocycles. The Hall–Kier alpha value is -2.05. The van der Waals surface area contributed by atoms with Gasteiger partial charge in [-0.3, -0.25) is 19.7 Å². The average Bonchev–Trinajstić information content (AvgIpc) is 2.43. The van der Waals surface area contributed by atoms with Gasteiger partial charge in [-0.1, -0.05) is 0 Å². The molecule has 0 bridgehead atoms. The summed E-state index contributed by atoms with van der Waals surface area (Å²) in [7, 11) is 0. The quantitative estimate of drug-likeness (QED) is 0.395. The monoisotopic (exact) mass is 297 g/mol. The van der Waals surface area contributed by atoms with E-state index in [0.717, 1.165) is 0 Å². The highest BCUT2D eigenvalue weighted by molar-refractivity contribution is 5.98. The molecule has 21 heavy (non-hydrogen) atoms. The van der Waals surface area contributed by atoms with Crippen molar-refractivity contribution in [2.24, 2.45) is 5.41 Å². The van der Waals surface area contributed by atoms with E-state index in [9.17, 15) is 19.5 Å². The lowest BCUT2D eigenvalue weighted by molar-refractivity contribution is -0.141. The van der Waals surface area contributed by atoms with Crippen LogP contribution >= 0.6 is 0 Å². The van der Waals surface area contributed by atoms with Crippen molar-refractivity contribution in [1.82, 2.24) is 15.5 Å². The number of amides is 3. The summed E-state index contributed by atoms with van der Waals surface area (Å²) >= 11 is 0. The van der Waals surface area contributed by atoms with Crippen LogP contribution in [0.5, 0.6) is 0 Å². The lowest BCUT2D eigenvalue weighted by atomic mass is 9.71. The van der Waals surface area contributed by atoms with Crippen LogP contribution in [0.1, 0.15) is 34.0 Å². The number of nitrogens with one attached hydrogen (secondary N) is 2.